The number of carbonyl (C=O) groups is 1. The van der Waals surface area contributed by atoms with Gasteiger partial charge in [-0.25, -0.2) is 0 Å². The van der Waals surface area contributed by atoms with Crippen LogP contribution in [0.1, 0.15) is 96.8 Å². The summed E-state index contributed by atoms with van der Waals surface area (Å²) in [5, 5.41) is 0. The van der Waals surface area contributed by atoms with Gasteiger partial charge in [-0.2, -0.15) is 13.6 Å². The highest BCUT2D eigenvalue weighted by Crippen LogP contribution is 2.60. The molecule has 1 amide bonds. The second kappa shape index (κ2) is 19.5. The van der Waals surface area contributed by atoms with Crippen molar-refractivity contribution in [1.29, 1.82) is 0 Å². The number of carbonyl (C=O) groups excluding carboxylic acids is 1. The maximum absolute atomic E-state index is 12.5. The SMILES string of the molecule is CCCCCCCCCCCCCCCC(=O)N1CCO[P+]([S-])(OCCOC)OCC1. The molecule has 0 aromatic heterocycles. The van der Waals surface area contributed by atoms with Gasteiger partial charge in [-0.15, -0.1) is 0 Å². The Balaban J connectivity index is 1.99. The summed E-state index contributed by atoms with van der Waals surface area (Å²) in [6, 6.07) is 0. The van der Waals surface area contributed by atoms with E-state index in [1.54, 1.807) is 7.11 Å². The van der Waals surface area contributed by atoms with Crippen LogP contribution in [0.4, 0.5) is 0 Å². The lowest BCUT2D eigenvalue weighted by molar-refractivity contribution is -0.132. The second-order valence-electron chi connectivity index (χ2n) is 8.31. The molecule has 31 heavy (non-hydrogen) atoms. The highest BCUT2D eigenvalue weighted by Gasteiger charge is 2.32. The van der Waals surface area contributed by atoms with Crippen molar-refractivity contribution >= 4 is 25.3 Å². The van der Waals surface area contributed by atoms with Gasteiger partial charge in [-0.05, 0) is 6.42 Å². The standard InChI is InChI=1S/C23H46NO5PS/c1-3-4-5-6-7-8-9-10-11-12-13-14-15-16-23(25)24-17-19-27-30(31,28-20-18-24)29-22-21-26-2/h3-22H2,1-2H3. The quantitative estimate of drug-likeness (QED) is 0.132. The molecule has 0 aromatic carbocycles. The Kier molecular flexibility index (Phi) is 18.4. The minimum absolute atomic E-state index is 0.186. The second-order valence-corrected chi connectivity index (χ2v) is 11.3. The monoisotopic (exact) mass is 479 g/mol. The molecule has 0 N–H and O–H groups in total. The van der Waals surface area contributed by atoms with E-state index in [2.05, 4.69) is 6.92 Å². The summed E-state index contributed by atoms with van der Waals surface area (Å²) in [6.45, 7) is 4.89. The topological polar surface area (TPSA) is 57.2 Å². The van der Waals surface area contributed by atoms with Crippen LogP contribution in [0.5, 0.6) is 0 Å². The number of ether oxygens (including phenoxy) is 1. The molecule has 184 valence electrons. The molecule has 0 radical (unpaired) electrons. The zero-order valence-corrected chi connectivity index (χ0v) is 21.7. The Morgan fingerprint density at radius 3 is 1.81 bits per heavy atom. The molecule has 6 nitrogen and oxygen atoms in total. The third kappa shape index (κ3) is 15.5. The Morgan fingerprint density at radius 1 is 0.839 bits per heavy atom. The molecule has 8 heteroatoms. The van der Waals surface area contributed by atoms with E-state index in [0.29, 0.717) is 45.9 Å². The van der Waals surface area contributed by atoms with Crippen LogP contribution in [-0.4, -0.2) is 57.4 Å². The fraction of sp³-hybridized carbons (Fsp3) is 0.957. The molecule has 1 aliphatic rings. The highest BCUT2D eigenvalue weighted by molar-refractivity contribution is 8.35. The first kappa shape index (κ1) is 29.1. The van der Waals surface area contributed by atoms with Gasteiger partial charge in [-0.1, -0.05) is 84.0 Å². The molecule has 1 rings (SSSR count). The summed E-state index contributed by atoms with van der Waals surface area (Å²) >= 11 is 5.37. The number of nitrogens with zero attached hydrogens (tertiary/aromatic N) is 1. The van der Waals surface area contributed by atoms with Crippen molar-refractivity contribution in [3.05, 3.63) is 0 Å². The maximum atomic E-state index is 12.5. The molecule has 1 saturated heterocycles. The van der Waals surface area contributed by atoms with Gasteiger partial charge in [0.25, 0.3) is 7.15 Å². The van der Waals surface area contributed by atoms with Gasteiger partial charge >= 0.3 is 0 Å². The third-order valence-corrected chi connectivity index (χ3v) is 8.05. The number of unbranched alkanes of at least 4 members (excludes halogenated alkanes) is 12. The van der Waals surface area contributed by atoms with Crippen molar-refractivity contribution in [3.63, 3.8) is 0 Å². The van der Waals surface area contributed by atoms with Crippen LogP contribution in [0.2, 0.25) is 0 Å². The van der Waals surface area contributed by atoms with Gasteiger partial charge < -0.3 is 21.9 Å². The summed E-state index contributed by atoms with van der Waals surface area (Å²) < 4.78 is 21.8. The predicted molar refractivity (Wildman–Crippen MR) is 131 cm³/mol. The van der Waals surface area contributed by atoms with Gasteiger partial charge in [0.1, 0.15) is 19.8 Å². The lowest BCUT2D eigenvalue weighted by Crippen LogP contribution is -2.38. The number of hydrogen-bond donors (Lipinski definition) is 0. The Labute approximate surface area is 196 Å². The molecule has 1 fully saturated rings. The smallest absolute Gasteiger partial charge is 0.290 e. The molecule has 0 spiro atoms. The van der Waals surface area contributed by atoms with Gasteiger partial charge in [-0.3, -0.25) is 4.79 Å². The van der Waals surface area contributed by atoms with E-state index in [1.165, 1.54) is 70.6 Å². The number of methoxy groups -OCH3 is 1. The number of hydrogen-bond acceptors (Lipinski definition) is 6. The molecule has 1 aliphatic heterocycles. The van der Waals surface area contributed by atoms with E-state index < -0.39 is 7.15 Å². The molecule has 0 saturated carbocycles. The van der Waals surface area contributed by atoms with Gasteiger partial charge in [0, 0.05) is 26.6 Å². The average Bonchev–Trinajstić information content (AvgIpc) is 2.74. The molecule has 0 aromatic rings. The molecule has 0 bridgehead atoms. The largest absolute Gasteiger partial charge is 0.459 e. The van der Waals surface area contributed by atoms with Crippen LogP contribution in [-0.2, 0) is 35.4 Å². The molecule has 0 unspecified atom stereocenters. The average molecular weight is 480 g/mol. The minimum atomic E-state index is -2.71. The van der Waals surface area contributed by atoms with Crippen molar-refractivity contribution in [2.24, 2.45) is 0 Å². The molecule has 0 atom stereocenters. The molecule has 1 heterocycles. The summed E-state index contributed by atoms with van der Waals surface area (Å²) in [5.41, 5.74) is 0. The fourth-order valence-corrected chi connectivity index (χ4v) is 5.49. The highest BCUT2D eigenvalue weighted by atomic mass is 32.7. The predicted octanol–water partition coefficient (Wildman–Crippen LogP) is 6.23. The van der Waals surface area contributed by atoms with E-state index in [1.807, 2.05) is 4.90 Å². The molecule has 0 aliphatic carbocycles. The Hall–Kier alpha value is 0.0900. The first-order valence-corrected chi connectivity index (χ1v) is 15.0. The van der Waals surface area contributed by atoms with Crippen LogP contribution < -0.4 is 0 Å². The Bertz CT molecular complexity index is 434. The summed E-state index contributed by atoms with van der Waals surface area (Å²) in [4.78, 5) is 14.3. The zero-order valence-electron chi connectivity index (χ0n) is 20.0. The van der Waals surface area contributed by atoms with Gasteiger partial charge in [0.15, 0.2) is 0 Å². The maximum Gasteiger partial charge on any atom is 0.290 e. The molecular weight excluding hydrogens is 433 g/mol. The van der Waals surface area contributed by atoms with Crippen LogP contribution >= 0.6 is 7.15 Å². The number of amides is 1. The van der Waals surface area contributed by atoms with Crippen LogP contribution in [0.3, 0.4) is 0 Å². The van der Waals surface area contributed by atoms with E-state index in [0.717, 1.165) is 12.8 Å². The van der Waals surface area contributed by atoms with Crippen molar-refractivity contribution in [2.45, 2.75) is 96.8 Å². The van der Waals surface area contributed by atoms with Crippen molar-refractivity contribution in [3.8, 4) is 0 Å². The number of rotatable bonds is 18. The summed E-state index contributed by atoms with van der Waals surface area (Å²) in [6.07, 6.45) is 17.7. The lowest BCUT2D eigenvalue weighted by Gasteiger charge is -2.32. The van der Waals surface area contributed by atoms with Gasteiger partial charge in [0.05, 0.1) is 6.61 Å². The zero-order chi connectivity index (χ0) is 22.6. The van der Waals surface area contributed by atoms with Crippen LogP contribution in [0, 0.1) is 0 Å². The van der Waals surface area contributed by atoms with Crippen molar-refractivity contribution < 1.29 is 23.1 Å². The van der Waals surface area contributed by atoms with E-state index in [4.69, 9.17) is 30.6 Å². The van der Waals surface area contributed by atoms with Crippen LogP contribution in [0.15, 0.2) is 0 Å². The third-order valence-electron chi connectivity index (χ3n) is 5.60. The molecular formula is C23H46NO5PS. The Morgan fingerprint density at radius 2 is 1.32 bits per heavy atom. The normalized spacial score (nSPS) is 16.8. The van der Waals surface area contributed by atoms with E-state index in [9.17, 15) is 4.79 Å². The first-order valence-electron chi connectivity index (χ1n) is 12.4. The first-order chi connectivity index (χ1) is 15.1. The van der Waals surface area contributed by atoms with Crippen molar-refractivity contribution in [1.82, 2.24) is 4.90 Å². The van der Waals surface area contributed by atoms with Gasteiger partial charge in [0.2, 0.25) is 5.91 Å². The summed E-state index contributed by atoms with van der Waals surface area (Å²) in [5.74, 6) is 0.186. The fourth-order valence-electron chi connectivity index (χ4n) is 3.68. The lowest BCUT2D eigenvalue weighted by atomic mass is 10.0. The van der Waals surface area contributed by atoms with E-state index in [-0.39, 0.29) is 5.91 Å². The summed E-state index contributed by atoms with van der Waals surface area (Å²) in [7, 11) is -1.10. The van der Waals surface area contributed by atoms with Crippen LogP contribution in [0.25, 0.3) is 0 Å². The minimum Gasteiger partial charge on any atom is -0.459 e. The van der Waals surface area contributed by atoms with E-state index >= 15 is 0 Å². The van der Waals surface area contributed by atoms with Crippen molar-refractivity contribution in [2.75, 3.05) is 46.6 Å².